The third-order valence-electron chi connectivity index (χ3n) is 4.66. The Labute approximate surface area is 175 Å². The summed E-state index contributed by atoms with van der Waals surface area (Å²) in [6, 6.07) is 5.54. The first-order valence-electron chi connectivity index (χ1n) is 9.90. The second-order valence-electron chi connectivity index (χ2n) is 6.91. The molecule has 0 unspecified atom stereocenters. The highest BCUT2D eigenvalue weighted by atomic mass is 35.5. The molecule has 0 atom stereocenters. The van der Waals surface area contributed by atoms with Crippen LogP contribution in [0, 0.1) is 0 Å². The lowest BCUT2D eigenvalue weighted by atomic mass is 10.1. The molecular formula is C22H25ClN4O2. The molecule has 7 heteroatoms. The number of carbonyl (C=O) groups is 1. The molecule has 152 valence electrons. The zero-order valence-corrected chi connectivity index (χ0v) is 17.3. The molecule has 0 bridgehead atoms. The monoisotopic (exact) mass is 412 g/mol. The van der Waals surface area contributed by atoms with Crippen molar-refractivity contribution in [2.24, 2.45) is 0 Å². The minimum atomic E-state index is -0.170. The quantitative estimate of drug-likeness (QED) is 0.593. The van der Waals surface area contributed by atoms with Gasteiger partial charge in [0, 0.05) is 24.9 Å². The first-order valence-corrected chi connectivity index (χ1v) is 10.3. The van der Waals surface area contributed by atoms with Crippen molar-refractivity contribution in [1.82, 2.24) is 19.1 Å². The van der Waals surface area contributed by atoms with E-state index in [-0.39, 0.29) is 16.5 Å². The van der Waals surface area contributed by atoms with Crippen LogP contribution >= 0.6 is 11.6 Å². The van der Waals surface area contributed by atoms with Crippen LogP contribution in [0.3, 0.4) is 0 Å². The number of hydrogen-bond acceptors (Lipinski definition) is 4. The number of aryl methyl sites for hydroxylation is 1. The van der Waals surface area contributed by atoms with E-state index in [0.29, 0.717) is 12.2 Å². The van der Waals surface area contributed by atoms with Gasteiger partial charge in [0.25, 0.3) is 0 Å². The molecule has 0 saturated heterocycles. The van der Waals surface area contributed by atoms with Gasteiger partial charge in [-0.2, -0.15) is 0 Å². The normalized spacial score (nSPS) is 13.8. The summed E-state index contributed by atoms with van der Waals surface area (Å²) in [5.41, 5.74) is 4.57. The number of carbonyl (C=O) groups excluding carboxylic acids is 1. The lowest BCUT2D eigenvalue weighted by Gasteiger charge is -2.20. The topological polar surface area (TPSA) is 59.6 Å². The van der Waals surface area contributed by atoms with E-state index < -0.39 is 0 Å². The molecule has 0 saturated carbocycles. The van der Waals surface area contributed by atoms with E-state index in [0.717, 1.165) is 44.5 Å². The van der Waals surface area contributed by atoms with Crippen LogP contribution in [-0.4, -0.2) is 44.5 Å². The van der Waals surface area contributed by atoms with Gasteiger partial charge in [0.15, 0.2) is 11.4 Å². The largest absolute Gasteiger partial charge is 0.350 e. The summed E-state index contributed by atoms with van der Waals surface area (Å²) in [5.74, 6) is -0.170. The zero-order valence-electron chi connectivity index (χ0n) is 16.6. The lowest BCUT2D eigenvalue weighted by molar-refractivity contribution is -0.110. The van der Waals surface area contributed by atoms with Crippen LogP contribution in [0.1, 0.15) is 26.2 Å². The van der Waals surface area contributed by atoms with Gasteiger partial charge in [-0.05, 0) is 68.8 Å². The Morgan fingerprint density at radius 2 is 2.07 bits per heavy atom. The molecule has 0 N–H and O–H groups in total. The van der Waals surface area contributed by atoms with Gasteiger partial charge in [-0.15, -0.1) is 10.8 Å². The Balaban J connectivity index is 1.51. The van der Waals surface area contributed by atoms with E-state index in [2.05, 4.69) is 22.7 Å². The fourth-order valence-electron chi connectivity index (χ4n) is 3.24. The van der Waals surface area contributed by atoms with Crippen LogP contribution in [0.2, 0.25) is 0 Å². The molecule has 2 heterocycles. The summed E-state index contributed by atoms with van der Waals surface area (Å²) >= 11 is 5.86. The number of allylic oxidation sites excluding steroid dienone is 4. The van der Waals surface area contributed by atoms with Crippen LogP contribution in [0.25, 0.3) is 5.65 Å². The van der Waals surface area contributed by atoms with Gasteiger partial charge < -0.3 is 4.90 Å². The Morgan fingerprint density at radius 3 is 2.83 bits per heavy atom. The van der Waals surface area contributed by atoms with Crippen molar-refractivity contribution in [3.8, 4) is 0 Å². The molecule has 29 heavy (non-hydrogen) atoms. The summed E-state index contributed by atoms with van der Waals surface area (Å²) in [7, 11) is 0. The Hall–Kier alpha value is -2.66. The highest BCUT2D eigenvalue weighted by Gasteiger charge is 2.08. The molecule has 1 aliphatic rings. The first-order chi connectivity index (χ1) is 14.1. The van der Waals surface area contributed by atoms with Gasteiger partial charge in [-0.1, -0.05) is 24.6 Å². The number of fused-ring (bicyclic) bond motifs is 1. The number of rotatable bonds is 9. The summed E-state index contributed by atoms with van der Waals surface area (Å²) in [6.07, 6.45) is 11.3. The molecule has 2 aromatic heterocycles. The van der Waals surface area contributed by atoms with Crippen LogP contribution < -0.4 is 5.69 Å². The molecule has 0 aromatic carbocycles. The lowest BCUT2D eigenvalue weighted by Crippen LogP contribution is -2.29. The van der Waals surface area contributed by atoms with Crippen LogP contribution in [-0.2, 0) is 11.3 Å². The van der Waals surface area contributed by atoms with Crippen molar-refractivity contribution in [2.75, 3.05) is 19.6 Å². The molecule has 0 radical (unpaired) electrons. The fourth-order valence-corrected chi connectivity index (χ4v) is 3.42. The van der Waals surface area contributed by atoms with Crippen molar-refractivity contribution in [1.29, 1.82) is 0 Å². The number of nitrogens with zero attached hydrogens (tertiary/aromatic N) is 4. The highest BCUT2D eigenvalue weighted by molar-refractivity contribution is 6.44. The molecule has 1 aliphatic carbocycles. The van der Waals surface area contributed by atoms with Gasteiger partial charge in [-0.25, -0.2) is 9.48 Å². The standard InChI is InChI=1S/C22H25ClN4O2/c1-2-12-25(13-5-3-8-18-10-11-20(28)19(23)17-18)14-7-16-27-22(29)26-15-6-4-9-21(26)24-27/h3-4,6,9-11,15,17H,2,5,7,12-14,16H2,1H3. The Morgan fingerprint density at radius 1 is 1.21 bits per heavy atom. The summed E-state index contributed by atoms with van der Waals surface area (Å²) in [6.45, 7) is 5.58. The van der Waals surface area contributed by atoms with E-state index in [9.17, 15) is 9.59 Å². The van der Waals surface area contributed by atoms with E-state index in [4.69, 9.17) is 11.6 Å². The number of hydrogen-bond donors (Lipinski definition) is 0. The smallest absolute Gasteiger partial charge is 0.303 e. The molecule has 0 spiro atoms. The predicted octanol–water partition coefficient (Wildman–Crippen LogP) is 3.33. The number of halogens is 1. The van der Waals surface area contributed by atoms with Crippen molar-refractivity contribution >= 4 is 23.0 Å². The predicted molar refractivity (Wildman–Crippen MR) is 115 cm³/mol. The maximum atomic E-state index is 12.3. The van der Waals surface area contributed by atoms with Crippen LogP contribution in [0.4, 0.5) is 0 Å². The Kier molecular flexibility index (Phi) is 7.42. The van der Waals surface area contributed by atoms with Crippen molar-refractivity contribution in [3.05, 3.63) is 75.5 Å². The van der Waals surface area contributed by atoms with Gasteiger partial charge in [0.1, 0.15) is 0 Å². The minimum absolute atomic E-state index is 0.0945. The van der Waals surface area contributed by atoms with Gasteiger partial charge in [0.05, 0.1) is 5.03 Å². The third kappa shape index (κ3) is 5.67. The van der Waals surface area contributed by atoms with Crippen molar-refractivity contribution in [3.63, 3.8) is 0 Å². The third-order valence-corrected chi connectivity index (χ3v) is 4.96. The average molecular weight is 413 g/mol. The van der Waals surface area contributed by atoms with E-state index in [1.807, 2.05) is 24.3 Å². The van der Waals surface area contributed by atoms with Crippen LogP contribution in [0.15, 0.2) is 69.8 Å². The second-order valence-corrected chi connectivity index (χ2v) is 7.32. The Bertz CT molecular complexity index is 1050. The summed E-state index contributed by atoms with van der Waals surface area (Å²) in [4.78, 5) is 26.0. The number of aromatic nitrogens is 3. The molecule has 3 rings (SSSR count). The molecule has 0 fully saturated rings. The van der Waals surface area contributed by atoms with Crippen LogP contribution in [0.5, 0.6) is 0 Å². The molecule has 0 amide bonds. The number of pyridine rings is 1. The first kappa shape index (κ1) is 21.1. The zero-order chi connectivity index (χ0) is 20.6. The molecule has 6 nitrogen and oxygen atoms in total. The SMILES string of the molecule is CCCN(CCC=C=C1C=CC(=O)C(Cl)=C1)CCCn1nc2ccccn2c1=O. The second kappa shape index (κ2) is 10.2. The van der Waals surface area contributed by atoms with E-state index in [1.54, 1.807) is 22.7 Å². The van der Waals surface area contributed by atoms with Gasteiger partial charge in [0.2, 0.25) is 0 Å². The van der Waals surface area contributed by atoms with E-state index >= 15 is 0 Å². The van der Waals surface area contributed by atoms with E-state index in [1.165, 1.54) is 10.8 Å². The maximum Gasteiger partial charge on any atom is 0.350 e. The average Bonchev–Trinajstić information content (AvgIpc) is 3.04. The highest BCUT2D eigenvalue weighted by Crippen LogP contribution is 2.15. The summed E-state index contributed by atoms with van der Waals surface area (Å²) in [5, 5.41) is 4.60. The summed E-state index contributed by atoms with van der Waals surface area (Å²) < 4.78 is 3.10. The van der Waals surface area contributed by atoms with Crippen molar-refractivity contribution in [2.45, 2.75) is 32.7 Å². The van der Waals surface area contributed by atoms with Gasteiger partial charge in [-0.3, -0.25) is 9.20 Å². The molecule has 2 aromatic rings. The fraction of sp³-hybridized carbons (Fsp3) is 0.364. The van der Waals surface area contributed by atoms with Crippen molar-refractivity contribution < 1.29 is 4.79 Å². The molecular weight excluding hydrogens is 388 g/mol. The maximum absolute atomic E-state index is 12.3. The number of ketones is 1. The molecule has 0 aliphatic heterocycles. The minimum Gasteiger partial charge on any atom is -0.303 e. The van der Waals surface area contributed by atoms with Gasteiger partial charge >= 0.3 is 5.69 Å².